The third kappa shape index (κ3) is 2.96. The van der Waals surface area contributed by atoms with Crippen molar-refractivity contribution in [2.75, 3.05) is 18.0 Å². The highest BCUT2D eigenvalue weighted by Gasteiger charge is 2.10. The molecule has 2 nitrogen and oxygen atoms in total. The molecule has 1 atom stereocenters. The molecule has 0 aliphatic rings. The number of likely N-dealkylation sites (N-methyl/N-ethyl adjacent to an activating group) is 1. The lowest BCUT2D eigenvalue weighted by molar-refractivity contribution is 0.657. The van der Waals surface area contributed by atoms with Gasteiger partial charge in [-0.1, -0.05) is 19.1 Å². The summed E-state index contributed by atoms with van der Waals surface area (Å²) in [4.78, 5) is 2.33. The van der Waals surface area contributed by atoms with Gasteiger partial charge < -0.3 is 10.6 Å². The SMILES string of the molecule is CCc1ccc(N(CC)C(C)CN)cc1. The number of rotatable bonds is 5. The summed E-state index contributed by atoms with van der Waals surface area (Å²) in [6.45, 7) is 8.21. The zero-order valence-corrected chi connectivity index (χ0v) is 10.0. The van der Waals surface area contributed by atoms with E-state index in [9.17, 15) is 0 Å². The largest absolute Gasteiger partial charge is 0.368 e. The van der Waals surface area contributed by atoms with Gasteiger partial charge in [-0.15, -0.1) is 0 Å². The topological polar surface area (TPSA) is 29.3 Å². The van der Waals surface area contributed by atoms with Crippen molar-refractivity contribution in [3.8, 4) is 0 Å². The molecule has 0 fully saturated rings. The summed E-state index contributed by atoms with van der Waals surface area (Å²) in [5, 5.41) is 0. The minimum Gasteiger partial charge on any atom is -0.368 e. The summed E-state index contributed by atoms with van der Waals surface area (Å²) in [7, 11) is 0. The average Bonchev–Trinajstić information content (AvgIpc) is 2.30. The van der Waals surface area contributed by atoms with Gasteiger partial charge in [0, 0.05) is 24.8 Å². The summed E-state index contributed by atoms with van der Waals surface area (Å²) in [5.74, 6) is 0. The van der Waals surface area contributed by atoms with Crippen LogP contribution in [0.25, 0.3) is 0 Å². The van der Waals surface area contributed by atoms with Gasteiger partial charge in [0.1, 0.15) is 0 Å². The van der Waals surface area contributed by atoms with Crippen LogP contribution >= 0.6 is 0 Å². The molecule has 0 saturated carbocycles. The van der Waals surface area contributed by atoms with Crippen LogP contribution < -0.4 is 10.6 Å². The highest BCUT2D eigenvalue weighted by Crippen LogP contribution is 2.17. The van der Waals surface area contributed by atoms with Crippen molar-refractivity contribution in [2.45, 2.75) is 33.2 Å². The van der Waals surface area contributed by atoms with Gasteiger partial charge in [-0.2, -0.15) is 0 Å². The van der Waals surface area contributed by atoms with Gasteiger partial charge >= 0.3 is 0 Å². The quantitative estimate of drug-likeness (QED) is 0.801. The van der Waals surface area contributed by atoms with Crippen molar-refractivity contribution in [2.24, 2.45) is 5.73 Å². The van der Waals surface area contributed by atoms with E-state index >= 15 is 0 Å². The second kappa shape index (κ2) is 5.76. The summed E-state index contributed by atoms with van der Waals surface area (Å²) in [6, 6.07) is 9.17. The smallest absolute Gasteiger partial charge is 0.0383 e. The molecule has 15 heavy (non-hydrogen) atoms. The Hall–Kier alpha value is -1.02. The molecule has 84 valence electrons. The summed E-state index contributed by atoms with van der Waals surface area (Å²) < 4.78 is 0. The molecule has 1 unspecified atom stereocenters. The second-order valence-corrected chi connectivity index (χ2v) is 3.89. The van der Waals surface area contributed by atoms with Crippen LogP contribution in [0.4, 0.5) is 5.69 Å². The molecule has 0 aliphatic heterocycles. The molecule has 1 aromatic rings. The number of anilines is 1. The van der Waals surface area contributed by atoms with Gasteiger partial charge in [0.05, 0.1) is 0 Å². The molecular formula is C13H22N2. The highest BCUT2D eigenvalue weighted by atomic mass is 15.2. The Labute approximate surface area is 93.1 Å². The van der Waals surface area contributed by atoms with Crippen LogP contribution in [-0.2, 0) is 6.42 Å². The van der Waals surface area contributed by atoms with Gasteiger partial charge in [-0.05, 0) is 38.0 Å². The first-order chi connectivity index (χ1) is 7.22. The van der Waals surface area contributed by atoms with Crippen molar-refractivity contribution in [1.82, 2.24) is 0 Å². The van der Waals surface area contributed by atoms with E-state index in [1.54, 1.807) is 0 Å². The van der Waals surface area contributed by atoms with E-state index in [1.807, 2.05) is 0 Å². The first-order valence-corrected chi connectivity index (χ1v) is 5.78. The number of nitrogens with zero attached hydrogens (tertiary/aromatic N) is 1. The van der Waals surface area contributed by atoms with Crippen molar-refractivity contribution >= 4 is 5.69 Å². The fourth-order valence-electron chi connectivity index (χ4n) is 1.80. The van der Waals surface area contributed by atoms with Crippen LogP contribution in [-0.4, -0.2) is 19.1 Å². The maximum Gasteiger partial charge on any atom is 0.0383 e. The number of hydrogen-bond acceptors (Lipinski definition) is 2. The molecule has 0 radical (unpaired) electrons. The zero-order chi connectivity index (χ0) is 11.3. The molecule has 0 bridgehead atoms. The van der Waals surface area contributed by atoms with Crippen molar-refractivity contribution in [3.63, 3.8) is 0 Å². The van der Waals surface area contributed by atoms with Crippen LogP contribution in [0.2, 0.25) is 0 Å². The highest BCUT2D eigenvalue weighted by molar-refractivity contribution is 5.48. The lowest BCUT2D eigenvalue weighted by Gasteiger charge is -2.29. The maximum atomic E-state index is 5.70. The molecule has 1 rings (SSSR count). The molecule has 0 amide bonds. The molecule has 0 heterocycles. The molecule has 0 aromatic heterocycles. The van der Waals surface area contributed by atoms with E-state index in [0.717, 1.165) is 13.0 Å². The fraction of sp³-hybridized carbons (Fsp3) is 0.538. The number of benzene rings is 1. The third-order valence-corrected chi connectivity index (χ3v) is 2.89. The van der Waals surface area contributed by atoms with Gasteiger partial charge in [0.15, 0.2) is 0 Å². The minimum absolute atomic E-state index is 0.405. The van der Waals surface area contributed by atoms with Gasteiger partial charge in [0.2, 0.25) is 0 Å². The van der Waals surface area contributed by atoms with E-state index in [2.05, 4.69) is 49.9 Å². The summed E-state index contributed by atoms with van der Waals surface area (Å²) in [5.41, 5.74) is 8.36. The maximum absolute atomic E-state index is 5.70. The normalized spacial score (nSPS) is 12.5. The number of hydrogen-bond donors (Lipinski definition) is 1. The van der Waals surface area contributed by atoms with E-state index in [0.29, 0.717) is 12.6 Å². The van der Waals surface area contributed by atoms with Crippen LogP contribution in [0.3, 0.4) is 0 Å². The molecule has 1 aromatic carbocycles. The first-order valence-electron chi connectivity index (χ1n) is 5.78. The lowest BCUT2D eigenvalue weighted by atomic mass is 10.1. The van der Waals surface area contributed by atoms with Crippen LogP contribution in [0.15, 0.2) is 24.3 Å². The Morgan fingerprint density at radius 1 is 1.20 bits per heavy atom. The summed E-state index contributed by atoms with van der Waals surface area (Å²) >= 11 is 0. The standard InChI is InChI=1S/C13H22N2/c1-4-12-6-8-13(9-7-12)15(5-2)11(3)10-14/h6-9,11H,4-5,10,14H2,1-3H3. The Kier molecular flexibility index (Phi) is 4.63. The Morgan fingerprint density at radius 2 is 1.80 bits per heavy atom. The predicted molar refractivity (Wildman–Crippen MR) is 67.4 cm³/mol. The zero-order valence-electron chi connectivity index (χ0n) is 10.0. The number of aryl methyl sites for hydroxylation is 1. The molecule has 2 N–H and O–H groups in total. The molecular weight excluding hydrogens is 184 g/mol. The molecule has 0 aliphatic carbocycles. The van der Waals surface area contributed by atoms with Gasteiger partial charge in [-0.25, -0.2) is 0 Å². The second-order valence-electron chi connectivity index (χ2n) is 3.89. The van der Waals surface area contributed by atoms with E-state index in [-0.39, 0.29) is 0 Å². The fourth-order valence-corrected chi connectivity index (χ4v) is 1.80. The number of nitrogens with two attached hydrogens (primary N) is 1. The first kappa shape index (κ1) is 12.1. The average molecular weight is 206 g/mol. The Morgan fingerprint density at radius 3 is 2.20 bits per heavy atom. The van der Waals surface area contributed by atoms with Crippen LogP contribution in [0.5, 0.6) is 0 Å². The monoisotopic (exact) mass is 206 g/mol. The molecule has 0 spiro atoms. The van der Waals surface area contributed by atoms with Gasteiger partial charge in [0.25, 0.3) is 0 Å². The van der Waals surface area contributed by atoms with Gasteiger partial charge in [-0.3, -0.25) is 0 Å². The van der Waals surface area contributed by atoms with Crippen LogP contribution in [0, 0.1) is 0 Å². The minimum atomic E-state index is 0.405. The van der Waals surface area contributed by atoms with E-state index in [4.69, 9.17) is 5.73 Å². The van der Waals surface area contributed by atoms with E-state index < -0.39 is 0 Å². The Bertz CT molecular complexity index is 279. The summed E-state index contributed by atoms with van der Waals surface area (Å²) in [6.07, 6.45) is 1.10. The molecule has 0 saturated heterocycles. The van der Waals surface area contributed by atoms with Crippen LogP contribution in [0.1, 0.15) is 26.3 Å². The van der Waals surface area contributed by atoms with Crippen molar-refractivity contribution in [1.29, 1.82) is 0 Å². The lowest BCUT2D eigenvalue weighted by Crippen LogP contribution is -2.38. The predicted octanol–water partition coefficient (Wildman–Crippen LogP) is 2.42. The Balaban J connectivity index is 2.83. The van der Waals surface area contributed by atoms with Crippen molar-refractivity contribution < 1.29 is 0 Å². The van der Waals surface area contributed by atoms with E-state index in [1.165, 1.54) is 11.3 Å². The molecule has 2 heteroatoms. The third-order valence-electron chi connectivity index (χ3n) is 2.89. The van der Waals surface area contributed by atoms with Crippen molar-refractivity contribution in [3.05, 3.63) is 29.8 Å².